The fourth-order valence-corrected chi connectivity index (χ4v) is 1.43. The first-order valence-corrected chi connectivity index (χ1v) is 5.24. The van der Waals surface area contributed by atoms with Crippen molar-refractivity contribution in [2.45, 2.75) is 20.0 Å². The van der Waals surface area contributed by atoms with Gasteiger partial charge in [-0.2, -0.15) is 5.10 Å². The summed E-state index contributed by atoms with van der Waals surface area (Å²) < 4.78 is 6.82. The first kappa shape index (κ1) is 11.3. The van der Waals surface area contributed by atoms with E-state index < -0.39 is 0 Å². The Morgan fingerprint density at radius 2 is 2.35 bits per heavy atom. The van der Waals surface area contributed by atoms with Crippen LogP contribution in [0.4, 0.5) is 5.82 Å². The van der Waals surface area contributed by atoms with E-state index >= 15 is 0 Å². The van der Waals surface area contributed by atoms with Crippen molar-refractivity contribution in [3.8, 4) is 0 Å². The van der Waals surface area contributed by atoms with Gasteiger partial charge in [0.05, 0.1) is 6.54 Å². The highest BCUT2D eigenvalue weighted by Gasteiger charge is 2.05. The van der Waals surface area contributed by atoms with E-state index in [0.717, 1.165) is 11.5 Å². The molecular formula is C11H14N4O2. The number of nitrogens with one attached hydrogen (secondary N) is 1. The maximum Gasteiger partial charge on any atom is 0.242 e. The zero-order chi connectivity index (χ0) is 12.3. The molecule has 2 rings (SSSR count). The van der Waals surface area contributed by atoms with E-state index in [0.29, 0.717) is 12.4 Å². The van der Waals surface area contributed by atoms with Crippen LogP contribution in [0.5, 0.6) is 0 Å². The molecule has 0 bridgehead atoms. The van der Waals surface area contributed by atoms with Crippen molar-refractivity contribution in [2.24, 2.45) is 0 Å². The van der Waals surface area contributed by atoms with Crippen LogP contribution in [0.25, 0.3) is 0 Å². The molecule has 0 unspecified atom stereocenters. The first-order valence-electron chi connectivity index (χ1n) is 5.24. The Balaban J connectivity index is 1.82. The molecule has 0 aromatic carbocycles. The van der Waals surface area contributed by atoms with Crippen LogP contribution < -0.4 is 11.1 Å². The van der Waals surface area contributed by atoms with Gasteiger partial charge in [-0.05, 0) is 25.1 Å². The highest BCUT2D eigenvalue weighted by atomic mass is 16.3. The molecule has 0 saturated heterocycles. The number of hydrogen-bond donors (Lipinski definition) is 2. The van der Waals surface area contributed by atoms with Crippen molar-refractivity contribution in [3.05, 3.63) is 35.9 Å². The van der Waals surface area contributed by atoms with Crippen LogP contribution in [0.1, 0.15) is 11.5 Å². The molecule has 0 radical (unpaired) electrons. The van der Waals surface area contributed by atoms with Gasteiger partial charge < -0.3 is 15.5 Å². The van der Waals surface area contributed by atoms with E-state index in [9.17, 15) is 4.79 Å². The van der Waals surface area contributed by atoms with Crippen molar-refractivity contribution >= 4 is 11.7 Å². The Morgan fingerprint density at radius 3 is 2.94 bits per heavy atom. The van der Waals surface area contributed by atoms with Crippen molar-refractivity contribution in [2.75, 3.05) is 5.73 Å². The maximum absolute atomic E-state index is 11.5. The summed E-state index contributed by atoms with van der Waals surface area (Å²) in [4.78, 5) is 11.5. The summed E-state index contributed by atoms with van der Waals surface area (Å²) in [5.74, 6) is 1.83. The number of hydrogen-bond acceptors (Lipinski definition) is 4. The molecule has 17 heavy (non-hydrogen) atoms. The lowest BCUT2D eigenvalue weighted by molar-refractivity contribution is -0.122. The maximum atomic E-state index is 11.5. The van der Waals surface area contributed by atoms with Crippen LogP contribution in [-0.4, -0.2) is 15.7 Å². The fraction of sp³-hybridized carbons (Fsp3) is 0.273. The predicted octanol–water partition coefficient (Wildman–Crippen LogP) is 0.683. The molecule has 0 saturated carbocycles. The average Bonchev–Trinajstić information content (AvgIpc) is 2.85. The molecule has 0 fully saturated rings. The van der Waals surface area contributed by atoms with Crippen LogP contribution in [0.3, 0.4) is 0 Å². The summed E-state index contributed by atoms with van der Waals surface area (Å²) in [7, 11) is 0. The lowest BCUT2D eigenvalue weighted by Gasteiger charge is -2.03. The molecule has 90 valence electrons. The number of aromatic nitrogens is 2. The summed E-state index contributed by atoms with van der Waals surface area (Å²) in [6.07, 6.45) is 1.66. The number of aryl methyl sites for hydroxylation is 1. The van der Waals surface area contributed by atoms with Gasteiger partial charge in [0.1, 0.15) is 23.9 Å². The number of amides is 1. The number of nitrogens with two attached hydrogens (primary N) is 1. The fourth-order valence-electron chi connectivity index (χ4n) is 1.43. The molecule has 0 aliphatic carbocycles. The van der Waals surface area contributed by atoms with E-state index in [4.69, 9.17) is 10.2 Å². The van der Waals surface area contributed by atoms with Crippen molar-refractivity contribution < 1.29 is 9.21 Å². The second kappa shape index (κ2) is 4.73. The molecule has 6 heteroatoms. The summed E-state index contributed by atoms with van der Waals surface area (Å²) in [5, 5.41) is 6.66. The number of nitrogens with zero attached hydrogens (tertiary/aromatic N) is 2. The molecule has 0 aliphatic heterocycles. The summed E-state index contributed by atoms with van der Waals surface area (Å²) in [5.41, 5.74) is 5.44. The monoisotopic (exact) mass is 234 g/mol. The van der Waals surface area contributed by atoms with Gasteiger partial charge in [0.15, 0.2) is 0 Å². The molecule has 2 heterocycles. The van der Waals surface area contributed by atoms with E-state index in [1.54, 1.807) is 12.3 Å². The largest absolute Gasteiger partial charge is 0.465 e. The Hall–Kier alpha value is -2.24. The summed E-state index contributed by atoms with van der Waals surface area (Å²) in [6, 6.07) is 5.33. The zero-order valence-electron chi connectivity index (χ0n) is 9.51. The first-order chi connectivity index (χ1) is 8.13. The van der Waals surface area contributed by atoms with Gasteiger partial charge in [-0.15, -0.1) is 0 Å². The molecular weight excluding hydrogens is 220 g/mol. The standard InChI is InChI=1S/C11H14N4O2/c1-8-2-3-9(17-8)6-13-11(16)7-15-5-4-10(12)14-15/h2-5H,6-7H2,1H3,(H2,12,14)(H,13,16). The molecule has 3 N–H and O–H groups in total. The molecule has 1 amide bonds. The highest BCUT2D eigenvalue weighted by Crippen LogP contribution is 2.05. The Morgan fingerprint density at radius 1 is 1.53 bits per heavy atom. The third-order valence-corrected chi connectivity index (χ3v) is 2.22. The molecule has 0 atom stereocenters. The van der Waals surface area contributed by atoms with E-state index in [1.165, 1.54) is 4.68 Å². The quantitative estimate of drug-likeness (QED) is 0.814. The molecule has 2 aromatic heterocycles. The second-order valence-corrected chi connectivity index (χ2v) is 3.73. The SMILES string of the molecule is Cc1ccc(CNC(=O)Cn2ccc(N)n2)o1. The average molecular weight is 234 g/mol. The second-order valence-electron chi connectivity index (χ2n) is 3.73. The van der Waals surface area contributed by atoms with E-state index in [1.807, 2.05) is 19.1 Å². The molecule has 0 aliphatic rings. The minimum Gasteiger partial charge on any atom is -0.465 e. The van der Waals surface area contributed by atoms with Crippen LogP contribution in [-0.2, 0) is 17.9 Å². The minimum absolute atomic E-state index is 0.137. The molecule has 0 spiro atoms. The van der Waals surface area contributed by atoms with Crippen molar-refractivity contribution in [1.29, 1.82) is 0 Å². The number of carbonyl (C=O) groups excluding carboxylic acids is 1. The number of rotatable bonds is 4. The number of anilines is 1. The van der Waals surface area contributed by atoms with E-state index in [-0.39, 0.29) is 12.5 Å². The van der Waals surface area contributed by atoms with Crippen molar-refractivity contribution in [3.63, 3.8) is 0 Å². The topological polar surface area (TPSA) is 86.1 Å². The third-order valence-electron chi connectivity index (χ3n) is 2.22. The summed E-state index contributed by atoms with van der Waals surface area (Å²) in [6.45, 7) is 2.39. The lowest BCUT2D eigenvalue weighted by atomic mass is 10.4. The van der Waals surface area contributed by atoms with Crippen LogP contribution in [0, 0.1) is 6.92 Å². The lowest BCUT2D eigenvalue weighted by Crippen LogP contribution is -2.27. The molecule has 2 aromatic rings. The highest BCUT2D eigenvalue weighted by molar-refractivity contribution is 5.75. The summed E-state index contributed by atoms with van der Waals surface area (Å²) >= 11 is 0. The van der Waals surface area contributed by atoms with Crippen LogP contribution in [0.15, 0.2) is 28.8 Å². The normalized spacial score (nSPS) is 10.4. The van der Waals surface area contributed by atoms with Crippen LogP contribution >= 0.6 is 0 Å². The third kappa shape index (κ3) is 3.10. The van der Waals surface area contributed by atoms with Crippen LogP contribution in [0.2, 0.25) is 0 Å². The number of furan rings is 1. The Kier molecular flexibility index (Phi) is 3.13. The minimum atomic E-state index is -0.137. The van der Waals surface area contributed by atoms with Gasteiger partial charge in [-0.25, -0.2) is 0 Å². The molecule has 6 nitrogen and oxygen atoms in total. The van der Waals surface area contributed by atoms with Gasteiger partial charge in [0, 0.05) is 6.20 Å². The van der Waals surface area contributed by atoms with Gasteiger partial charge in [-0.1, -0.05) is 0 Å². The predicted molar refractivity (Wildman–Crippen MR) is 61.9 cm³/mol. The Labute approximate surface area is 98.4 Å². The van der Waals surface area contributed by atoms with Gasteiger partial charge in [-0.3, -0.25) is 9.48 Å². The van der Waals surface area contributed by atoms with Crippen molar-refractivity contribution in [1.82, 2.24) is 15.1 Å². The number of carbonyl (C=O) groups is 1. The zero-order valence-corrected chi connectivity index (χ0v) is 9.51. The number of nitrogen functional groups attached to an aromatic ring is 1. The Bertz CT molecular complexity index is 515. The van der Waals surface area contributed by atoms with Gasteiger partial charge in [0.2, 0.25) is 5.91 Å². The smallest absolute Gasteiger partial charge is 0.242 e. The van der Waals surface area contributed by atoms with E-state index in [2.05, 4.69) is 10.4 Å². The van der Waals surface area contributed by atoms with Gasteiger partial charge in [0.25, 0.3) is 0 Å². The van der Waals surface area contributed by atoms with Gasteiger partial charge >= 0.3 is 0 Å².